The molecular weight excluding hydrogens is 378 g/mol. The van der Waals surface area contributed by atoms with E-state index >= 15 is 0 Å². The number of aryl methyl sites for hydroxylation is 1. The van der Waals surface area contributed by atoms with Crippen molar-refractivity contribution in [2.45, 2.75) is 51.9 Å². The van der Waals surface area contributed by atoms with Crippen molar-refractivity contribution in [3.8, 4) is 0 Å². The molecule has 2 saturated heterocycles. The fourth-order valence-corrected chi connectivity index (χ4v) is 3.64. The molecule has 2 aliphatic heterocycles. The minimum absolute atomic E-state index is 0.00464. The summed E-state index contributed by atoms with van der Waals surface area (Å²) in [7, 11) is 0. The van der Waals surface area contributed by atoms with Crippen molar-refractivity contribution in [2.24, 2.45) is 11.7 Å². The lowest BCUT2D eigenvalue weighted by atomic mass is 9.96. The first-order valence-corrected chi connectivity index (χ1v) is 9.79. The monoisotopic (exact) mass is 405 g/mol. The van der Waals surface area contributed by atoms with Crippen molar-refractivity contribution in [1.29, 1.82) is 0 Å². The van der Waals surface area contributed by atoms with E-state index in [1.807, 2.05) is 6.92 Å². The van der Waals surface area contributed by atoms with Gasteiger partial charge in [-0.2, -0.15) is 5.10 Å². The molecule has 0 spiro atoms. The minimum Gasteiger partial charge on any atom is -0.369 e. The molecule has 4 amide bonds. The van der Waals surface area contributed by atoms with Crippen molar-refractivity contribution >= 4 is 29.4 Å². The number of nitrogens with two attached hydrogens (primary N) is 1. The van der Waals surface area contributed by atoms with Crippen molar-refractivity contribution < 1.29 is 19.2 Å². The van der Waals surface area contributed by atoms with Gasteiger partial charge in [0.2, 0.25) is 11.8 Å². The van der Waals surface area contributed by atoms with Crippen LogP contribution in [-0.4, -0.2) is 57.4 Å². The zero-order valence-electron chi connectivity index (χ0n) is 16.6. The first kappa shape index (κ1) is 20.8. The molecular formula is C18H27N7O4. The summed E-state index contributed by atoms with van der Waals surface area (Å²) in [6.45, 7) is 4.34. The molecule has 0 saturated carbocycles. The van der Waals surface area contributed by atoms with Crippen LogP contribution in [0.4, 0.5) is 5.82 Å². The van der Waals surface area contributed by atoms with Gasteiger partial charge in [0, 0.05) is 37.5 Å². The summed E-state index contributed by atoms with van der Waals surface area (Å²) in [5.41, 5.74) is 5.93. The number of hydrogen-bond donors (Lipinski definition) is 4. The topological polar surface area (TPSA) is 151 Å². The van der Waals surface area contributed by atoms with Gasteiger partial charge in [-0.3, -0.25) is 24.5 Å². The number of nitrogens with one attached hydrogen (secondary N) is 3. The van der Waals surface area contributed by atoms with Crippen LogP contribution in [-0.2, 0) is 19.2 Å². The van der Waals surface area contributed by atoms with E-state index < -0.39 is 18.1 Å². The molecule has 3 heterocycles. The van der Waals surface area contributed by atoms with Gasteiger partial charge in [0.1, 0.15) is 5.82 Å². The maximum Gasteiger partial charge on any atom is 0.315 e. The first-order valence-electron chi connectivity index (χ1n) is 9.79. The Hall–Kier alpha value is -2.95. The van der Waals surface area contributed by atoms with Crippen LogP contribution >= 0.6 is 0 Å². The summed E-state index contributed by atoms with van der Waals surface area (Å²) in [5.74, 6) is -1.92. The van der Waals surface area contributed by atoms with Crippen LogP contribution in [0, 0.1) is 12.8 Å². The molecule has 3 rings (SSSR count). The van der Waals surface area contributed by atoms with Crippen molar-refractivity contribution in [3.63, 3.8) is 0 Å². The Morgan fingerprint density at radius 3 is 2.62 bits per heavy atom. The second kappa shape index (κ2) is 8.60. The highest BCUT2D eigenvalue weighted by molar-refractivity contribution is 6.39. The van der Waals surface area contributed by atoms with Crippen LogP contribution in [0.15, 0.2) is 6.07 Å². The zero-order chi connectivity index (χ0) is 21.1. The quantitative estimate of drug-likeness (QED) is 0.481. The summed E-state index contributed by atoms with van der Waals surface area (Å²) < 4.78 is 1.46. The molecule has 0 aliphatic carbocycles. The molecule has 158 valence electrons. The highest BCUT2D eigenvalue weighted by Gasteiger charge is 2.31. The van der Waals surface area contributed by atoms with Gasteiger partial charge in [0.25, 0.3) is 0 Å². The Morgan fingerprint density at radius 2 is 2.00 bits per heavy atom. The summed E-state index contributed by atoms with van der Waals surface area (Å²) >= 11 is 0. The molecule has 2 fully saturated rings. The SMILES string of the molecule is CCC1CC(=O)NC(n2nc(C)cc2NC(=O)C(=O)N2CCC(C(N)=O)CC2)N1. The number of nitrogens with zero attached hydrogens (tertiary/aromatic N) is 3. The zero-order valence-corrected chi connectivity index (χ0v) is 16.6. The summed E-state index contributed by atoms with van der Waals surface area (Å²) in [4.78, 5) is 49.7. The molecule has 0 bridgehead atoms. The van der Waals surface area contributed by atoms with Gasteiger partial charge in [0.15, 0.2) is 6.29 Å². The standard InChI is InChI=1S/C18H27N7O4/c1-3-12-9-14(26)22-18(20-12)25-13(8-10(2)23-25)21-16(28)17(29)24-6-4-11(5-7-24)15(19)27/h8,11-12,18,20H,3-7,9H2,1-2H3,(H2,19,27)(H,21,28)(H,22,26). The van der Waals surface area contributed by atoms with Crippen LogP contribution in [0.25, 0.3) is 0 Å². The highest BCUT2D eigenvalue weighted by atomic mass is 16.2. The lowest BCUT2D eigenvalue weighted by Crippen LogP contribution is -2.53. The normalized spacial score (nSPS) is 22.8. The van der Waals surface area contributed by atoms with E-state index in [1.54, 1.807) is 13.0 Å². The number of hydrogen-bond acceptors (Lipinski definition) is 6. The van der Waals surface area contributed by atoms with Gasteiger partial charge in [-0.05, 0) is 26.2 Å². The van der Waals surface area contributed by atoms with Crippen LogP contribution in [0.1, 0.15) is 44.6 Å². The lowest BCUT2D eigenvalue weighted by Gasteiger charge is -2.32. The van der Waals surface area contributed by atoms with Crippen LogP contribution in [0.2, 0.25) is 0 Å². The van der Waals surface area contributed by atoms with E-state index in [0.717, 1.165) is 6.42 Å². The molecule has 11 nitrogen and oxygen atoms in total. The fourth-order valence-electron chi connectivity index (χ4n) is 3.64. The predicted molar refractivity (Wildman–Crippen MR) is 103 cm³/mol. The molecule has 5 N–H and O–H groups in total. The summed E-state index contributed by atoms with van der Waals surface area (Å²) in [6, 6.07) is 1.63. The third-order valence-electron chi connectivity index (χ3n) is 5.34. The minimum atomic E-state index is -0.794. The molecule has 1 aromatic heterocycles. The predicted octanol–water partition coefficient (Wildman–Crippen LogP) is -0.802. The number of aromatic nitrogens is 2. The Balaban J connectivity index is 1.67. The van der Waals surface area contributed by atoms with E-state index in [4.69, 9.17) is 5.73 Å². The van der Waals surface area contributed by atoms with Gasteiger partial charge in [-0.25, -0.2) is 4.68 Å². The average Bonchev–Trinajstić information content (AvgIpc) is 3.06. The molecule has 0 aromatic carbocycles. The molecule has 0 radical (unpaired) electrons. The van der Waals surface area contributed by atoms with E-state index in [1.165, 1.54) is 9.58 Å². The largest absolute Gasteiger partial charge is 0.369 e. The molecule has 29 heavy (non-hydrogen) atoms. The van der Waals surface area contributed by atoms with Gasteiger partial charge in [0.05, 0.1) is 5.69 Å². The Bertz CT molecular complexity index is 813. The molecule has 2 aliphatic rings. The number of likely N-dealkylation sites (tertiary alicyclic amines) is 1. The number of amides is 4. The number of anilines is 1. The fraction of sp³-hybridized carbons (Fsp3) is 0.611. The maximum atomic E-state index is 12.5. The van der Waals surface area contributed by atoms with Crippen LogP contribution in [0.3, 0.4) is 0 Å². The number of rotatable bonds is 4. The molecule has 2 unspecified atom stereocenters. The molecule has 2 atom stereocenters. The average molecular weight is 405 g/mol. The Morgan fingerprint density at radius 1 is 1.31 bits per heavy atom. The third-order valence-corrected chi connectivity index (χ3v) is 5.34. The number of primary amides is 1. The second-order valence-corrected chi connectivity index (χ2v) is 7.48. The third kappa shape index (κ3) is 4.73. The first-order chi connectivity index (χ1) is 13.8. The Labute approximate surface area is 168 Å². The van der Waals surface area contributed by atoms with E-state index in [2.05, 4.69) is 21.0 Å². The van der Waals surface area contributed by atoms with E-state index in [0.29, 0.717) is 43.9 Å². The maximum absolute atomic E-state index is 12.5. The van der Waals surface area contributed by atoms with E-state index in [-0.39, 0.29) is 23.8 Å². The number of carbonyl (C=O) groups is 4. The summed E-state index contributed by atoms with van der Waals surface area (Å²) in [5, 5.41) is 13.0. The second-order valence-electron chi connectivity index (χ2n) is 7.48. The van der Waals surface area contributed by atoms with Crippen LogP contribution < -0.4 is 21.7 Å². The summed E-state index contributed by atoms with van der Waals surface area (Å²) in [6.07, 6.45) is 1.41. The highest BCUT2D eigenvalue weighted by Crippen LogP contribution is 2.20. The number of carbonyl (C=O) groups excluding carboxylic acids is 4. The number of piperidine rings is 1. The Kier molecular flexibility index (Phi) is 6.16. The van der Waals surface area contributed by atoms with Crippen molar-refractivity contribution in [2.75, 3.05) is 18.4 Å². The van der Waals surface area contributed by atoms with Crippen LogP contribution in [0.5, 0.6) is 0 Å². The molecule has 11 heteroatoms. The lowest BCUT2D eigenvalue weighted by molar-refractivity contribution is -0.144. The van der Waals surface area contributed by atoms with Gasteiger partial charge >= 0.3 is 11.8 Å². The van der Waals surface area contributed by atoms with Gasteiger partial charge in [-0.15, -0.1) is 0 Å². The molecule has 1 aromatic rings. The van der Waals surface area contributed by atoms with E-state index in [9.17, 15) is 19.2 Å². The van der Waals surface area contributed by atoms with Crippen molar-refractivity contribution in [1.82, 2.24) is 25.3 Å². The smallest absolute Gasteiger partial charge is 0.315 e. The van der Waals surface area contributed by atoms with Gasteiger partial charge < -0.3 is 21.3 Å². The van der Waals surface area contributed by atoms with Gasteiger partial charge in [-0.1, -0.05) is 6.92 Å². The van der Waals surface area contributed by atoms with Crippen molar-refractivity contribution in [3.05, 3.63) is 11.8 Å².